The summed E-state index contributed by atoms with van der Waals surface area (Å²) in [4.78, 5) is 5.43. The monoisotopic (exact) mass is 496 g/mol. The molecule has 6 rings (SSSR count). The quantitative estimate of drug-likeness (QED) is 0.283. The van der Waals surface area contributed by atoms with Crippen molar-refractivity contribution in [2.45, 2.75) is 64.2 Å². The summed E-state index contributed by atoms with van der Waals surface area (Å²) in [7, 11) is -0.675. The van der Waals surface area contributed by atoms with Crippen LogP contribution in [0.15, 0.2) is 88.8 Å². The van der Waals surface area contributed by atoms with Crippen LogP contribution in [-0.4, -0.2) is 16.3 Å². The van der Waals surface area contributed by atoms with Crippen LogP contribution in [0.5, 0.6) is 0 Å². The third-order valence-corrected chi connectivity index (χ3v) is 13.5. The number of nitrogens with one attached hydrogen (secondary N) is 1. The molecule has 2 heterocycles. The number of pyridine rings is 1. The Morgan fingerprint density at radius 3 is 2.06 bits per heavy atom. The molecule has 0 fully saturated rings. The average Bonchev–Trinajstić information content (AvgIpc) is 3.49. The van der Waals surface area contributed by atoms with Crippen LogP contribution in [0.1, 0.15) is 51.7 Å². The number of rotatable bonds is 2. The largest absolute Gasteiger partial charge is 0.358 e. The molecule has 3 aromatic rings. The average molecular weight is 497 g/mol. The lowest BCUT2D eigenvalue weighted by atomic mass is 10.1. The Labute approximate surface area is 211 Å². The van der Waals surface area contributed by atoms with Crippen molar-refractivity contribution in [3.05, 3.63) is 99.9 Å². The first kappa shape index (κ1) is 23.1. The molecule has 0 amide bonds. The van der Waals surface area contributed by atoms with Gasteiger partial charge in [0.05, 0.1) is 11.0 Å². The second-order valence-corrected chi connectivity index (χ2v) is 16.1. The Balaban J connectivity index is 1.62. The second-order valence-electron chi connectivity index (χ2n) is 10.5. The maximum absolute atomic E-state index is 5.43. The summed E-state index contributed by atoms with van der Waals surface area (Å²) in [6.45, 7) is 9.61. The molecule has 3 aliphatic rings. The van der Waals surface area contributed by atoms with E-state index in [-0.39, 0.29) is 15.8 Å². The zero-order valence-electron chi connectivity index (χ0n) is 21.2. The zero-order valence-corrected chi connectivity index (χ0v) is 23.0. The van der Waals surface area contributed by atoms with E-state index >= 15 is 0 Å². The minimum absolute atomic E-state index is 0.324. The van der Waals surface area contributed by atoms with E-state index in [1.165, 1.54) is 44.3 Å². The van der Waals surface area contributed by atoms with Crippen molar-refractivity contribution in [2.75, 3.05) is 0 Å². The predicted octanol–water partition coefficient (Wildman–Crippen LogP) is 9.11. The van der Waals surface area contributed by atoms with E-state index in [0.717, 1.165) is 25.2 Å². The highest BCUT2D eigenvalue weighted by Crippen LogP contribution is 2.58. The van der Waals surface area contributed by atoms with Crippen molar-refractivity contribution < 1.29 is 0 Å². The Kier molecular flexibility index (Phi) is 6.16. The predicted molar refractivity (Wildman–Crippen MR) is 155 cm³/mol. The summed E-state index contributed by atoms with van der Waals surface area (Å²) in [5.41, 5.74) is 9.24. The van der Waals surface area contributed by atoms with E-state index in [9.17, 15) is 0 Å². The number of para-hydroxylation sites is 2. The summed E-state index contributed by atoms with van der Waals surface area (Å²) in [6.07, 6.45) is 13.7. The highest BCUT2D eigenvalue weighted by molar-refractivity contribution is 7.62. The van der Waals surface area contributed by atoms with Gasteiger partial charge in [-0.15, -0.1) is 0 Å². The molecule has 0 radical (unpaired) electrons. The molecule has 2 unspecified atom stereocenters. The lowest BCUT2D eigenvalue weighted by Crippen LogP contribution is -2.14. The minimum Gasteiger partial charge on any atom is -0.358 e. The van der Waals surface area contributed by atoms with Gasteiger partial charge in [0, 0.05) is 28.6 Å². The van der Waals surface area contributed by atoms with Gasteiger partial charge in [-0.25, -0.2) is 4.98 Å². The molecule has 1 aliphatic heterocycles. The van der Waals surface area contributed by atoms with Gasteiger partial charge < -0.3 is 5.32 Å². The molecule has 1 N–H and O–H groups in total. The van der Waals surface area contributed by atoms with Crippen LogP contribution in [0.2, 0.25) is 0 Å². The molecular weight excluding hydrogens is 462 g/mol. The lowest BCUT2D eigenvalue weighted by molar-refractivity contribution is 0.954. The van der Waals surface area contributed by atoms with Crippen LogP contribution in [0.25, 0.3) is 21.8 Å². The van der Waals surface area contributed by atoms with Crippen molar-refractivity contribution >= 4 is 37.6 Å². The number of nitrogens with zero attached hydrogens (tertiary/aromatic N) is 1. The van der Waals surface area contributed by atoms with Crippen LogP contribution >= 0.6 is 15.8 Å². The summed E-state index contributed by atoms with van der Waals surface area (Å²) in [6, 6.07) is 15.9. The van der Waals surface area contributed by atoms with Gasteiger partial charge in [-0.3, -0.25) is 0 Å². The fraction of sp³-hybridized carbons (Fsp3) is 0.323. The van der Waals surface area contributed by atoms with Crippen LogP contribution in [0, 0.1) is 0 Å². The molecule has 4 heteroatoms. The topological polar surface area (TPSA) is 24.9 Å². The van der Waals surface area contributed by atoms with E-state index in [1.807, 2.05) is 0 Å². The van der Waals surface area contributed by atoms with E-state index in [2.05, 4.69) is 99.8 Å². The molecular formula is C31H34N2P2. The van der Waals surface area contributed by atoms with Crippen molar-refractivity contribution in [1.82, 2.24) is 10.3 Å². The van der Waals surface area contributed by atoms with Gasteiger partial charge in [0.25, 0.3) is 0 Å². The standard InChI is InChI=1S/C31H34N2P2/c1-20(2)34-18-24-11-5-9-22-17-23-10-6-12-25(31(23)33-30(22)24)19-35(21(3)4)29-16-8-14-27(29)32-26-13-7-15-28(26)34/h5-13,16-17,20-21,32H,14-15,18-19H2,1-4H3. The van der Waals surface area contributed by atoms with Gasteiger partial charge in [-0.1, -0.05) is 98.2 Å². The SMILES string of the molecule is CC(C)P1Cc2cccc3cc4cccc(c4nc23)CP(C(C)C)C2=C(C=CC2)NC2=C1C=CC2. The van der Waals surface area contributed by atoms with E-state index in [0.29, 0.717) is 11.3 Å². The molecule has 2 nitrogen and oxygen atoms in total. The molecule has 2 aromatic carbocycles. The smallest absolute Gasteiger partial charge is 0.0745 e. The molecule has 178 valence electrons. The normalized spacial score (nSPS) is 22.1. The first-order valence-electron chi connectivity index (χ1n) is 12.9. The van der Waals surface area contributed by atoms with Crippen LogP contribution in [-0.2, 0) is 12.3 Å². The van der Waals surface area contributed by atoms with Gasteiger partial charge in [0.2, 0.25) is 0 Å². The van der Waals surface area contributed by atoms with Crippen molar-refractivity contribution in [3.8, 4) is 0 Å². The Morgan fingerprint density at radius 2 is 1.40 bits per heavy atom. The number of benzene rings is 2. The number of hydrogen-bond donors (Lipinski definition) is 1. The highest BCUT2D eigenvalue weighted by atomic mass is 31.1. The van der Waals surface area contributed by atoms with Gasteiger partial charge in [-0.05, 0) is 64.0 Å². The second kappa shape index (κ2) is 9.31. The molecule has 0 saturated heterocycles. The van der Waals surface area contributed by atoms with Crippen LogP contribution < -0.4 is 5.32 Å². The van der Waals surface area contributed by atoms with Gasteiger partial charge in [0.15, 0.2) is 0 Å². The third kappa shape index (κ3) is 4.20. The molecule has 2 atom stereocenters. The van der Waals surface area contributed by atoms with Crippen molar-refractivity contribution in [1.29, 1.82) is 0 Å². The first-order chi connectivity index (χ1) is 17.0. The summed E-state index contributed by atoms with van der Waals surface area (Å²) in [5, 5.41) is 9.69. The van der Waals surface area contributed by atoms with Gasteiger partial charge in [-0.2, -0.15) is 0 Å². The first-order valence-corrected chi connectivity index (χ1v) is 16.1. The Morgan fingerprint density at radius 1 is 0.771 bits per heavy atom. The molecule has 0 spiro atoms. The molecule has 2 bridgehead atoms. The van der Waals surface area contributed by atoms with E-state index in [4.69, 9.17) is 4.98 Å². The van der Waals surface area contributed by atoms with Crippen molar-refractivity contribution in [3.63, 3.8) is 0 Å². The summed E-state index contributed by atoms with van der Waals surface area (Å²) >= 11 is 0. The van der Waals surface area contributed by atoms with E-state index in [1.54, 1.807) is 10.6 Å². The summed E-state index contributed by atoms with van der Waals surface area (Å²) in [5.74, 6) is 0. The summed E-state index contributed by atoms with van der Waals surface area (Å²) < 4.78 is 0. The molecule has 35 heavy (non-hydrogen) atoms. The van der Waals surface area contributed by atoms with Gasteiger partial charge in [0.1, 0.15) is 0 Å². The van der Waals surface area contributed by atoms with Crippen LogP contribution in [0.4, 0.5) is 0 Å². The van der Waals surface area contributed by atoms with Crippen molar-refractivity contribution in [2.24, 2.45) is 0 Å². The maximum Gasteiger partial charge on any atom is 0.0745 e. The van der Waals surface area contributed by atoms with E-state index < -0.39 is 0 Å². The Bertz CT molecular complexity index is 1440. The number of allylic oxidation sites excluding steroid dienone is 6. The Hall–Kier alpha value is -2.27. The zero-order chi connectivity index (χ0) is 24.1. The number of aromatic nitrogens is 1. The lowest BCUT2D eigenvalue weighted by Gasteiger charge is -2.28. The highest BCUT2D eigenvalue weighted by Gasteiger charge is 2.28. The number of hydrogen-bond acceptors (Lipinski definition) is 2. The molecule has 2 aliphatic carbocycles. The third-order valence-electron chi connectivity index (χ3n) is 7.52. The maximum atomic E-state index is 5.43. The molecule has 0 saturated carbocycles. The fourth-order valence-electron chi connectivity index (χ4n) is 5.69. The minimum atomic E-state index is -0.351. The fourth-order valence-corrected chi connectivity index (χ4v) is 10.8. The molecule has 1 aromatic heterocycles. The van der Waals surface area contributed by atoms with Gasteiger partial charge >= 0.3 is 0 Å². The van der Waals surface area contributed by atoms with Crippen LogP contribution in [0.3, 0.4) is 0 Å².